The molecule has 0 spiro atoms. The Labute approximate surface area is 85.6 Å². The number of hydrogen-bond donors (Lipinski definition) is 0. The van der Waals surface area contributed by atoms with Crippen molar-refractivity contribution in [3.8, 4) is 0 Å². The highest BCUT2D eigenvalue weighted by atomic mass is 14.1. The molecule has 0 N–H and O–H groups in total. The van der Waals surface area contributed by atoms with Gasteiger partial charge in [-0.2, -0.15) is 17.5 Å². The van der Waals surface area contributed by atoms with Crippen LogP contribution in [0.5, 0.6) is 0 Å². The molecule has 13 heavy (non-hydrogen) atoms. The molecule has 0 fully saturated rings. The highest BCUT2D eigenvalue weighted by Crippen LogP contribution is 2.35. The summed E-state index contributed by atoms with van der Waals surface area (Å²) in [6.45, 7) is 14.5. The fourth-order valence-corrected chi connectivity index (χ4v) is 3.06. The predicted octanol–water partition coefficient (Wildman–Crippen LogP) is 4.61. The normalized spacial score (nSPS) is 18.7. The average molecular weight is 183 g/mol. The molecule has 0 amide bonds. The maximum Gasteiger partial charge on any atom is -0.00764 e. The first-order chi connectivity index (χ1) is 6.08. The van der Waals surface area contributed by atoms with Gasteiger partial charge in [-0.15, -0.1) is 0 Å². The molecule has 0 rings (SSSR count). The minimum atomic E-state index is 0.0625. The molecule has 0 radical (unpaired) electrons. The summed E-state index contributed by atoms with van der Waals surface area (Å²) in [7, 11) is 0. The van der Waals surface area contributed by atoms with Gasteiger partial charge in [0, 0.05) is 0 Å². The van der Waals surface area contributed by atoms with Crippen LogP contribution < -0.4 is 0 Å². The van der Waals surface area contributed by atoms with Crippen molar-refractivity contribution < 1.29 is 0 Å². The predicted molar refractivity (Wildman–Crippen MR) is 66.3 cm³/mol. The average Bonchev–Trinajstić information content (AvgIpc) is 2.16. The van der Waals surface area contributed by atoms with Crippen molar-refractivity contribution in [1.29, 1.82) is 0 Å². The molecule has 0 aliphatic carbocycles. The van der Waals surface area contributed by atoms with Crippen molar-refractivity contribution in [2.24, 2.45) is 0 Å². The molecule has 0 saturated carbocycles. The highest BCUT2D eigenvalue weighted by Gasteiger charge is 2.19. The van der Waals surface area contributed by atoms with E-state index < -0.39 is 0 Å². The maximum absolute atomic E-state index is 2.46. The lowest BCUT2D eigenvalue weighted by Crippen LogP contribution is -2.28. The monoisotopic (exact) mass is 183 g/mol. The Hall–Kier alpha value is 0.0649. The van der Waals surface area contributed by atoms with Crippen molar-refractivity contribution in [3.05, 3.63) is 0 Å². The molecule has 0 aromatic heterocycles. The molecular formula is C12H28B-. The van der Waals surface area contributed by atoms with E-state index in [2.05, 4.69) is 41.5 Å². The molecule has 0 aromatic rings. The first-order valence-electron chi connectivity index (χ1n) is 6.30. The Morgan fingerprint density at radius 2 is 0.923 bits per heavy atom. The van der Waals surface area contributed by atoms with Gasteiger partial charge in [0.2, 0.25) is 0 Å². The van der Waals surface area contributed by atoms with Crippen LogP contribution in [0.4, 0.5) is 0 Å². The van der Waals surface area contributed by atoms with Crippen LogP contribution in [0.15, 0.2) is 0 Å². The lowest BCUT2D eigenvalue weighted by Gasteiger charge is -2.39. The molecule has 3 atom stereocenters. The topological polar surface area (TPSA) is 0 Å². The van der Waals surface area contributed by atoms with E-state index >= 15 is 0 Å². The van der Waals surface area contributed by atoms with E-state index in [1.165, 1.54) is 19.3 Å². The lowest BCUT2D eigenvalue weighted by molar-refractivity contribution is 0.720. The second-order valence-corrected chi connectivity index (χ2v) is 5.25. The number of hydrogen-bond acceptors (Lipinski definition) is 0. The molecule has 0 nitrogen and oxygen atoms in total. The first-order valence-corrected chi connectivity index (χ1v) is 6.30. The molecule has 0 aromatic carbocycles. The Bertz CT molecular complexity index is 98.5. The van der Waals surface area contributed by atoms with Crippen molar-refractivity contribution in [2.75, 3.05) is 0 Å². The molecule has 0 aliphatic heterocycles. The van der Waals surface area contributed by atoms with E-state index in [4.69, 9.17) is 0 Å². The summed E-state index contributed by atoms with van der Waals surface area (Å²) in [6, 6.07) is 0. The largest absolute Gasteiger partial charge is 0.172 e. The Balaban J connectivity index is 4.34. The van der Waals surface area contributed by atoms with Crippen LogP contribution in [0.1, 0.15) is 60.8 Å². The van der Waals surface area contributed by atoms with E-state index in [0.29, 0.717) is 0 Å². The van der Waals surface area contributed by atoms with E-state index in [-0.39, 0.29) is 6.71 Å². The third-order valence-corrected chi connectivity index (χ3v) is 4.50. The van der Waals surface area contributed by atoms with Gasteiger partial charge >= 0.3 is 0 Å². The maximum atomic E-state index is 2.46. The molecule has 0 bridgehead atoms. The Morgan fingerprint density at radius 1 is 0.692 bits per heavy atom. The Kier molecular flexibility index (Phi) is 6.54. The van der Waals surface area contributed by atoms with Gasteiger partial charge in [-0.3, -0.25) is 0 Å². The summed E-state index contributed by atoms with van der Waals surface area (Å²) in [5.41, 5.74) is 0. The van der Waals surface area contributed by atoms with Crippen LogP contribution in [0, 0.1) is 0 Å². The molecule has 0 heterocycles. The van der Waals surface area contributed by atoms with E-state index in [9.17, 15) is 0 Å². The summed E-state index contributed by atoms with van der Waals surface area (Å²) in [5.74, 6) is 2.93. The van der Waals surface area contributed by atoms with Crippen LogP contribution in [-0.2, 0) is 0 Å². The second-order valence-electron chi connectivity index (χ2n) is 5.25. The fraction of sp³-hybridized carbons (Fsp3) is 1.00. The molecule has 80 valence electrons. The van der Waals surface area contributed by atoms with Gasteiger partial charge in [0.25, 0.3) is 0 Å². The van der Waals surface area contributed by atoms with Gasteiger partial charge < -0.3 is 0 Å². The second kappa shape index (κ2) is 6.51. The summed E-state index contributed by atoms with van der Waals surface area (Å²) in [4.78, 5) is 0. The van der Waals surface area contributed by atoms with E-state index in [1.807, 2.05) is 0 Å². The molecule has 1 heteroatoms. The van der Waals surface area contributed by atoms with Crippen molar-refractivity contribution in [3.63, 3.8) is 0 Å². The van der Waals surface area contributed by atoms with E-state index in [1.54, 1.807) is 0 Å². The zero-order valence-corrected chi connectivity index (χ0v) is 10.6. The van der Waals surface area contributed by atoms with Crippen molar-refractivity contribution >= 4 is 6.71 Å². The van der Waals surface area contributed by atoms with Gasteiger partial charge in [-0.05, 0) is 6.71 Å². The molecule has 0 unspecified atom stereocenters. The minimum Gasteiger partial charge on any atom is -0.172 e. The van der Waals surface area contributed by atoms with Crippen LogP contribution in [0.2, 0.25) is 17.5 Å². The minimum absolute atomic E-state index is 0.0625. The van der Waals surface area contributed by atoms with Crippen LogP contribution >= 0.6 is 0 Å². The first kappa shape index (κ1) is 13.1. The van der Waals surface area contributed by atoms with Gasteiger partial charge in [0.05, 0.1) is 0 Å². The molecule has 0 saturated heterocycles. The zero-order chi connectivity index (χ0) is 10.4. The van der Waals surface area contributed by atoms with Gasteiger partial charge in [-0.1, -0.05) is 60.8 Å². The fourth-order valence-electron chi connectivity index (χ4n) is 3.06. The molecular weight excluding hydrogens is 155 g/mol. The van der Waals surface area contributed by atoms with Crippen LogP contribution in [0.3, 0.4) is 0 Å². The summed E-state index contributed by atoms with van der Waals surface area (Å²) >= 11 is 0. The molecule has 0 aliphatic rings. The zero-order valence-electron chi connectivity index (χ0n) is 10.6. The van der Waals surface area contributed by atoms with Gasteiger partial charge in [0.1, 0.15) is 0 Å². The summed E-state index contributed by atoms with van der Waals surface area (Å²) < 4.78 is 0. The third kappa shape index (κ3) is 3.75. The van der Waals surface area contributed by atoms with Gasteiger partial charge in [0.15, 0.2) is 0 Å². The standard InChI is InChI=1S/C12H28B/c1-7-10(4)13(11(5)8-2)12(6)9-3/h10-13H,7-9H2,1-6H3/q-1/t10-,11-,12-/m1/s1. The van der Waals surface area contributed by atoms with Crippen LogP contribution in [-0.4, -0.2) is 6.71 Å². The Morgan fingerprint density at radius 3 is 1.08 bits per heavy atom. The van der Waals surface area contributed by atoms with Crippen LogP contribution in [0.25, 0.3) is 0 Å². The number of rotatable bonds is 6. The quantitative estimate of drug-likeness (QED) is 0.527. The SMILES string of the molecule is CC[C@@H](C)[BH-]([C@H](C)CC)[C@H](C)CC. The summed E-state index contributed by atoms with van der Waals surface area (Å²) in [5, 5.41) is 0. The van der Waals surface area contributed by atoms with E-state index in [0.717, 1.165) is 17.5 Å². The summed E-state index contributed by atoms with van der Waals surface area (Å²) in [6.07, 6.45) is 4.11. The van der Waals surface area contributed by atoms with Gasteiger partial charge in [-0.25, -0.2) is 0 Å². The lowest BCUT2D eigenvalue weighted by atomic mass is 9.28. The highest BCUT2D eigenvalue weighted by molar-refractivity contribution is 6.63. The smallest absolute Gasteiger partial charge is 0.00764 e. The third-order valence-electron chi connectivity index (χ3n) is 4.50. The van der Waals surface area contributed by atoms with Crippen molar-refractivity contribution in [1.82, 2.24) is 0 Å². The van der Waals surface area contributed by atoms with Crippen molar-refractivity contribution in [2.45, 2.75) is 78.3 Å².